The van der Waals surface area contributed by atoms with E-state index in [1.807, 2.05) is 0 Å². The molecule has 2 aromatic rings. The highest BCUT2D eigenvalue weighted by atomic mass is 16.5. The van der Waals surface area contributed by atoms with Crippen LogP contribution in [0.25, 0.3) is 0 Å². The van der Waals surface area contributed by atoms with Crippen molar-refractivity contribution in [2.75, 3.05) is 20.8 Å². The molecule has 0 saturated heterocycles. The van der Waals surface area contributed by atoms with Crippen LogP contribution in [0.4, 0.5) is 0 Å². The van der Waals surface area contributed by atoms with Crippen LogP contribution in [0.5, 0.6) is 28.7 Å². The largest absolute Gasteiger partial charge is 0.504 e. The summed E-state index contributed by atoms with van der Waals surface area (Å²) in [5.41, 5.74) is -0.350. The van der Waals surface area contributed by atoms with E-state index in [0.29, 0.717) is 0 Å². The molecule has 132 valence electrons. The first-order valence-corrected chi connectivity index (χ1v) is 7.06. The second-order valence-electron chi connectivity index (χ2n) is 4.85. The van der Waals surface area contributed by atoms with E-state index >= 15 is 0 Å². The molecule has 0 spiro atoms. The fraction of sp³-hybridized carbons (Fsp3) is 0.176. The summed E-state index contributed by atoms with van der Waals surface area (Å²) in [6.45, 7) is -0.744. The number of phenols is 3. The van der Waals surface area contributed by atoms with Gasteiger partial charge in [-0.05, 0) is 12.1 Å². The van der Waals surface area contributed by atoms with Crippen LogP contribution in [-0.4, -0.2) is 47.9 Å². The Morgan fingerprint density at radius 1 is 0.880 bits per heavy atom. The number of esters is 1. The fourth-order valence-electron chi connectivity index (χ4n) is 2.18. The molecule has 8 heteroatoms. The van der Waals surface area contributed by atoms with Crippen LogP contribution >= 0.6 is 0 Å². The Kier molecular flexibility index (Phi) is 5.33. The van der Waals surface area contributed by atoms with Crippen molar-refractivity contribution in [2.45, 2.75) is 0 Å². The Hall–Kier alpha value is -3.42. The number of carbonyl (C=O) groups is 2. The molecule has 0 unspecified atom stereocenters. The predicted octanol–water partition coefficient (Wildman–Crippen LogP) is 1.86. The lowest BCUT2D eigenvalue weighted by Gasteiger charge is -2.15. The summed E-state index contributed by atoms with van der Waals surface area (Å²) in [5.74, 6) is -4.81. The van der Waals surface area contributed by atoms with Gasteiger partial charge in [-0.25, -0.2) is 4.79 Å². The first kappa shape index (κ1) is 17.9. The van der Waals surface area contributed by atoms with Gasteiger partial charge < -0.3 is 29.5 Å². The van der Waals surface area contributed by atoms with Crippen LogP contribution in [0.2, 0.25) is 0 Å². The molecule has 3 N–H and O–H groups in total. The van der Waals surface area contributed by atoms with Gasteiger partial charge >= 0.3 is 5.97 Å². The summed E-state index contributed by atoms with van der Waals surface area (Å²) < 4.78 is 14.5. The van der Waals surface area contributed by atoms with E-state index in [2.05, 4.69) is 0 Å². The molecule has 0 amide bonds. The Morgan fingerprint density at radius 2 is 1.40 bits per heavy atom. The number of phenolic OH excluding ortho intramolecular Hbond substituents is 3. The van der Waals surface area contributed by atoms with Crippen molar-refractivity contribution >= 4 is 11.8 Å². The van der Waals surface area contributed by atoms with Crippen molar-refractivity contribution in [3.63, 3.8) is 0 Å². The molecule has 2 aromatic carbocycles. The summed E-state index contributed by atoms with van der Waals surface area (Å²) in [4.78, 5) is 24.1. The number of ketones is 1. The molecule has 0 aromatic heterocycles. The maximum absolute atomic E-state index is 12.3. The summed E-state index contributed by atoms with van der Waals surface area (Å²) in [5, 5.41) is 30.0. The number of hydrogen-bond donors (Lipinski definition) is 3. The van der Waals surface area contributed by atoms with E-state index in [-0.39, 0.29) is 5.56 Å². The number of rotatable bonds is 6. The zero-order valence-electron chi connectivity index (χ0n) is 13.5. The van der Waals surface area contributed by atoms with Gasteiger partial charge in [0.2, 0.25) is 23.0 Å². The second kappa shape index (κ2) is 7.43. The topological polar surface area (TPSA) is 123 Å². The summed E-state index contributed by atoms with van der Waals surface area (Å²) in [6, 6.07) is 7.99. The average molecular weight is 348 g/mol. The zero-order valence-corrected chi connectivity index (χ0v) is 13.5. The van der Waals surface area contributed by atoms with Crippen molar-refractivity contribution in [3.05, 3.63) is 41.5 Å². The van der Waals surface area contributed by atoms with E-state index < -0.39 is 52.7 Å². The Balaban J connectivity index is 2.29. The number of ether oxygens (including phenoxy) is 3. The van der Waals surface area contributed by atoms with Gasteiger partial charge in [0.25, 0.3) is 0 Å². The average Bonchev–Trinajstić information content (AvgIpc) is 2.61. The minimum atomic E-state index is -0.907. The molecular weight excluding hydrogens is 332 g/mol. The molecule has 0 fully saturated rings. The van der Waals surface area contributed by atoms with E-state index in [9.17, 15) is 24.9 Å². The number of aromatic hydroxyl groups is 3. The SMILES string of the molecule is COc1c(O)c(OC)c(O)c(C(=O)COC(=O)c2ccccc2)c1O. The van der Waals surface area contributed by atoms with Gasteiger partial charge in [-0.15, -0.1) is 0 Å². The third-order valence-electron chi connectivity index (χ3n) is 3.36. The summed E-state index contributed by atoms with van der Waals surface area (Å²) in [7, 11) is 2.30. The maximum Gasteiger partial charge on any atom is 0.338 e. The molecular formula is C17H16O8. The van der Waals surface area contributed by atoms with E-state index in [1.54, 1.807) is 18.2 Å². The minimum Gasteiger partial charge on any atom is -0.504 e. The van der Waals surface area contributed by atoms with Gasteiger partial charge in [-0.2, -0.15) is 0 Å². The van der Waals surface area contributed by atoms with Crippen LogP contribution in [0.15, 0.2) is 30.3 Å². The zero-order chi connectivity index (χ0) is 18.6. The molecule has 0 aliphatic carbocycles. The first-order valence-electron chi connectivity index (χ1n) is 7.06. The molecule has 0 saturated carbocycles. The number of hydrogen-bond acceptors (Lipinski definition) is 8. The first-order chi connectivity index (χ1) is 11.9. The number of benzene rings is 2. The monoisotopic (exact) mass is 348 g/mol. The number of methoxy groups -OCH3 is 2. The third-order valence-corrected chi connectivity index (χ3v) is 3.36. The smallest absolute Gasteiger partial charge is 0.338 e. The van der Waals surface area contributed by atoms with Crippen molar-refractivity contribution in [1.82, 2.24) is 0 Å². The van der Waals surface area contributed by atoms with Crippen molar-refractivity contribution in [3.8, 4) is 28.7 Å². The maximum atomic E-state index is 12.3. The quantitative estimate of drug-likeness (QED) is 0.534. The van der Waals surface area contributed by atoms with E-state index in [1.165, 1.54) is 12.1 Å². The van der Waals surface area contributed by atoms with E-state index in [0.717, 1.165) is 14.2 Å². The van der Waals surface area contributed by atoms with Crippen molar-refractivity contribution in [2.24, 2.45) is 0 Å². The molecule has 0 atom stereocenters. The highest BCUT2D eigenvalue weighted by Gasteiger charge is 2.29. The van der Waals surface area contributed by atoms with Crippen LogP contribution in [0.3, 0.4) is 0 Å². The molecule has 0 aliphatic rings. The van der Waals surface area contributed by atoms with Crippen molar-refractivity contribution in [1.29, 1.82) is 0 Å². The minimum absolute atomic E-state index is 0.240. The molecule has 2 rings (SSSR count). The summed E-state index contributed by atoms with van der Waals surface area (Å²) >= 11 is 0. The molecule has 8 nitrogen and oxygen atoms in total. The van der Waals surface area contributed by atoms with E-state index in [4.69, 9.17) is 14.2 Å². The highest BCUT2D eigenvalue weighted by molar-refractivity contribution is 6.05. The Labute approximate surface area is 142 Å². The van der Waals surface area contributed by atoms with Gasteiger partial charge in [0.1, 0.15) is 5.56 Å². The van der Waals surface area contributed by atoms with Crippen LogP contribution in [-0.2, 0) is 4.74 Å². The van der Waals surface area contributed by atoms with Gasteiger partial charge in [-0.1, -0.05) is 18.2 Å². The lowest BCUT2D eigenvalue weighted by molar-refractivity contribution is 0.0472. The molecule has 0 aliphatic heterocycles. The van der Waals surface area contributed by atoms with Gasteiger partial charge in [0.15, 0.2) is 18.1 Å². The lowest BCUT2D eigenvalue weighted by atomic mass is 10.1. The van der Waals surface area contributed by atoms with Crippen LogP contribution in [0, 0.1) is 0 Å². The van der Waals surface area contributed by atoms with Gasteiger partial charge in [-0.3, -0.25) is 4.79 Å². The van der Waals surface area contributed by atoms with Crippen LogP contribution < -0.4 is 9.47 Å². The molecule has 0 bridgehead atoms. The lowest BCUT2D eigenvalue weighted by Crippen LogP contribution is -2.15. The Bertz CT molecular complexity index is 767. The van der Waals surface area contributed by atoms with Gasteiger partial charge in [0, 0.05) is 0 Å². The third kappa shape index (κ3) is 3.42. The normalized spacial score (nSPS) is 10.2. The molecule has 25 heavy (non-hydrogen) atoms. The van der Waals surface area contributed by atoms with Crippen LogP contribution in [0.1, 0.15) is 20.7 Å². The second-order valence-corrected chi connectivity index (χ2v) is 4.85. The predicted molar refractivity (Wildman–Crippen MR) is 85.6 cm³/mol. The molecule has 0 radical (unpaired) electrons. The molecule has 0 heterocycles. The van der Waals surface area contributed by atoms with Crippen molar-refractivity contribution < 1.29 is 39.1 Å². The standard InChI is InChI=1S/C17H16O8/c1-23-15-12(19)11(13(20)16(24-2)14(15)21)10(18)8-25-17(22)9-6-4-3-5-7-9/h3-7,19-21H,8H2,1-2H3. The highest BCUT2D eigenvalue weighted by Crippen LogP contribution is 2.51. The number of carbonyl (C=O) groups excluding carboxylic acids is 2. The van der Waals surface area contributed by atoms with Gasteiger partial charge in [0.05, 0.1) is 19.8 Å². The summed E-state index contributed by atoms with van der Waals surface area (Å²) in [6.07, 6.45) is 0. The Morgan fingerprint density at radius 3 is 1.88 bits per heavy atom. The fourth-order valence-corrected chi connectivity index (χ4v) is 2.18. The number of Topliss-reactive ketones (excluding diaryl/α,β-unsaturated/α-hetero) is 1.